The number of halogens is 2. The van der Waals surface area contributed by atoms with Crippen LogP contribution in [0.2, 0.25) is 5.02 Å². The van der Waals surface area contributed by atoms with Gasteiger partial charge in [0.1, 0.15) is 9.10 Å². The molecule has 0 saturated carbocycles. The summed E-state index contributed by atoms with van der Waals surface area (Å²) < 4.78 is 55.7. The molecule has 0 aliphatic heterocycles. The fourth-order valence-electron chi connectivity index (χ4n) is 2.12. The molecule has 0 radical (unpaired) electrons. The lowest BCUT2D eigenvalue weighted by Crippen LogP contribution is -2.15. The summed E-state index contributed by atoms with van der Waals surface area (Å²) >= 11 is 10.4. The molecule has 2 N–H and O–H groups in total. The van der Waals surface area contributed by atoms with E-state index in [2.05, 4.69) is 25.4 Å². The normalized spacial score (nSPS) is 11.9. The number of rotatable bonds is 6. The van der Waals surface area contributed by atoms with Crippen molar-refractivity contribution >= 4 is 70.3 Å². The Kier molecular flexibility index (Phi) is 5.82. The summed E-state index contributed by atoms with van der Waals surface area (Å²) in [4.78, 5) is -0.238. The lowest BCUT2D eigenvalue weighted by Gasteiger charge is -2.12. The lowest BCUT2D eigenvalue weighted by molar-refractivity contribution is 0.599. The van der Waals surface area contributed by atoms with E-state index < -0.39 is 20.0 Å². The summed E-state index contributed by atoms with van der Waals surface area (Å²) in [6.45, 7) is 0. The molecule has 0 atom stereocenters. The average Bonchev–Trinajstić information content (AvgIpc) is 3.14. The predicted octanol–water partition coefficient (Wildman–Crippen LogP) is 4.77. The minimum absolute atomic E-state index is 0.0290. The first kappa shape index (κ1) is 20.2. The number of benzene rings is 2. The van der Waals surface area contributed by atoms with Crippen LogP contribution in [-0.2, 0) is 20.0 Å². The van der Waals surface area contributed by atoms with Gasteiger partial charge in [-0.05, 0) is 53.9 Å². The van der Waals surface area contributed by atoms with Crippen LogP contribution in [0.1, 0.15) is 0 Å². The van der Waals surface area contributed by atoms with Crippen molar-refractivity contribution in [3.63, 3.8) is 0 Å². The molecule has 3 rings (SSSR count). The van der Waals surface area contributed by atoms with Gasteiger partial charge in [-0.1, -0.05) is 33.6 Å². The van der Waals surface area contributed by atoms with Crippen LogP contribution in [0.15, 0.2) is 73.6 Å². The number of hydrogen-bond donors (Lipinski definition) is 2. The lowest BCUT2D eigenvalue weighted by atomic mass is 10.3. The molecular weight excluding hydrogens is 496 g/mol. The van der Waals surface area contributed by atoms with Crippen molar-refractivity contribution in [2.75, 3.05) is 9.44 Å². The zero-order valence-corrected chi connectivity index (χ0v) is 18.2. The second-order valence-corrected chi connectivity index (χ2v) is 11.1. The van der Waals surface area contributed by atoms with Crippen LogP contribution in [0.3, 0.4) is 0 Å². The summed E-state index contributed by atoms with van der Waals surface area (Å²) in [6.07, 6.45) is 0. The number of thiophene rings is 1. The molecule has 0 spiro atoms. The van der Waals surface area contributed by atoms with Gasteiger partial charge in [-0.3, -0.25) is 9.44 Å². The van der Waals surface area contributed by atoms with Gasteiger partial charge in [-0.15, -0.1) is 11.3 Å². The summed E-state index contributed by atoms with van der Waals surface area (Å²) in [6, 6.07) is 13.5. The van der Waals surface area contributed by atoms with Crippen molar-refractivity contribution in [2.24, 2.45) is 0 Å². The number of hydrogen-bond acceptors (Lipinski definition) is 5. The molecule has 0 aliphatic carbocycles. The first-order chi connectivity index (χ1) is 12.7. The molecule has 1 heterocycles. The highest BCUT2D eigenvalue weighted by atomic mass is 79.9. The molecule has 1 aromatic heterocycles. The van der Waals surface area contributed by atoms with E-state index in [9.17, 15) is 16.8 Å². The minimum atomic E-state index is -4.02. The van der Waals surface area contributed by atoms with Gasteiger partial charge in [-0.25, -0.2) is 16.8 Å². The van der Waals surface area contributed by atoms with E-state index in [1.165, 1.54) is 24.3 Å². The SMILES string of the molecule is O=S(=O)(Nc1ccc(Cl)c(S(=O)(=O)Nc2ccc(Br)cc2)c1)c1cccs1. The quantitative estimate of drug-likeness (QED) is 0.503. The maximum Gasteiger partial charge on any atom is 0.271 e. The van der Waals surface area contributed by atoms with E-state index in [1.807, 2.05) is 0 Å². The highest BCUT2D eigenvalue weighted by Crippen LogP contribution is 2.29. The third-order valence-electron chi connectivity index (χ3n) is 3.33. The molecular formula is C16H12BrClN2O4S3. The number of sulfonamides is 2. The van der Waals surface area contributed by atoms with Crippen LogP contribution in [0.25, 0.3) is 0 Å². The standard InChI is InChI=1S/C16H12BrClN2O4S3/c17-11-3-5-12(6-4-11)19-26(21,22)15-10-13(7-8-14(15)18)20-27(23,24)16-2-1-9-25-16/h1-10,19-20H. The second kappa shape index (κ2) is 7.80. The van der Waals surface area contributed by atoms with Gasteiger partial charge in [0, 0.05) is 10.2 Å². The molecule has 0 amide bonds. The maximum atomic E-state index is 12.7. The molecule has 6 nitrogen and oxygen atoms in total. The average molecular weight is 508 g/mol. The molecule has 0 aliphatic rings. The van der Waals surface area contributed by atoms with Gasteiger partial charge in [-0.2, -0.15) is 0 Å². The predicted molar refractivity (Wildman–Crippen MR) is 112 cm³/mol. The molecule has 2 aromatic carbocycles. The van der Waals surface area contributed by atoms with Crippen LogP contribution >= 0.6 is 38.9 Å². The Bertz CT molecular complexity index is 1160. The summed E-state index contributed by atoms with van der Waals surface area (Å²) in [5.41, 5.74) is 0.433. The Morgan fingerprint density at radius 1 is 0.852 bits per heavy atom. The second-order valence-electron chi connectivity index (χ2n) is 5.30. The van der Waals surface area contributed by atoms with Crippen molar-refractivity contribution in [3.8, 4) is 0 Å². The monoisotopic (exact) mass is 506 g/mol. The third kappa shape index (κ3) is 4.82. The summed E-state index contributed by atoms with van der Waals surface area (Å²) in [5, 5.41) is 1.60. The van der Waals surface area contributed by atoms with Crippen LogP contribution < -0.4 is 9.44 Å². The van der Waals surface area contributed by atoms with E-state index in [0.29, 0.717) is 5.69 Å². The molecule has 0 unspecified atom stereocenters. The Morgan fingerprint density at radius 3 is 2.11 bits per heavy atom. The first-order valence-electron chi connectivity index (χ1n) is 7.32. The molecule has 11 heteroatoms. The molecule has 0 fully saturated rings. The first-order valence-corrected chi connectivity index (χ1v) is 12.3. The van der Waals surface area contributed by atoms with Gasteiger partial charge in [0.05, 0.1) is 10.7 Å². The van der Waals surface area contributed by atoms with Gasteiger partial charge in [0.15, 0.2) is 0 Å². The van der Waals surface area contributed by atoms with Crippen molar-refractivity contribution < 1.29 is 16.8 Å². The Labute approximate surface area is 174 Å². The van der Waals surface area contributed by atoms with E-state index in [1.54, 1.807) is 35.7 Å². The van der Waals surface area contributed by atoms with Crippen LogP contribution in [0.4, 0.5) is 11.4 Å². The van der Waals surface area contributed by atoms with Crippen molar-refractivity contribution in [3.05, 3.63) is 69.5 Å². The van der Waals surface area contributed by atoms with Gasteiger partial charge < -0.3 is 0 Å². The highest BCUT2D eigenvalue weighted by molar-refractivity contribution is 9.10. The fraction of sp³-hybridized carbons (Fsp3) is 0. The smallest absolute Gasteiger partial charge is 0.271 e. The van der Waals surface area contributed by atoms with E-state index >= 15 is 0 Å². The number of anilines is 2. The maximum absolute atomic E-state index is 12.7. The van der Waals surface area contributed by atoms with Crippen LogP contribution in [0, 0.1) is 0 Å². The summed E-state index contributed by atoms with van der Waals surface area (Å²) in [5.74, 6) is 0. The van der Waals surface area contributed by atoms with Crippen LogP contribution in [-0.4, -0.2) is 16.8 Å². The minimum Gasteiger partial charge on any atom is -0.280 e. The van der Waals surface area contributed by atoms with Crippen molar-refractivity contribution in [1.29, 1.82) is 0 Å². The van der Waals surface area contributed by atoms with E-state index in [0.717, 1.165) is 15.8 Å². The summed E-state index contributed by atoms with van der Waals surface area (Å²) in [7, 11) is -7.82. The zero-order chi connectivity index (χ0) is 19.7. The molecule has 142 valence electrons. The number of nitrogens with one attached hydrogen (secondary N) is 2. The highest BCUT2D eigenvalue weighted by Gasteiger charge is 2.21. The van der Waals surface area contributed by atoms with Crippen molar-refractivity contribution in [1.82, 2.24) is 0 Å². The largest absolute Gasteiger partial charge is 0.280 e. The van der Waals surface area contributed by atoms with E-state index in [4.69, 9.17) is 11.6 Å². The molecule has 3 aromatic rings. The van der Waals surface area contributed by atoms with E-state index in [-0.39, 0.29) is 19.8 Å². The topological polar surface area (TPSA) is 92.3 Å². The molecule has 0 saturated heterocycles. The Hall–Kier alpha value is -1.59. The van der Waals surface area contributed by atoms with Gasteiger partial charge >= 0.3 is 0 Å². The zero-order valence-electron chi connectivity index (χ0n) is 13.4. The molecule has 0 bridgehead atoms. The molecule has 27 heavy (non-hydrogen) atoms. The Morgan fingerprint density at radius 2 is 1.48 bits per heavy atom. The fourth-order valence-corrected chi connectivity index (χ4v) is 6.01. The van der Waals surface area contributed by atoms with Gasteiger partial charge in [0.2, 0.25) is 0 Å². The van der Waals surface area contributed by atoms with Crippen LogP contribution in [0.5, 0.6) is 0 Å². The van der Waals surface area contributed by atoms with Crippen molar-refractivity contribution in [2.45, 2.75) is 9.10 Å². The van der Waals surface area contributed by atoms with Gasteiger partial charge in [0.25, 0.3) is 20.0 Å². The third-order valence-corrected chi connectivity index (χ3v) is 8.50. The Balaban J connectivity index is 1.92.